The highest BCUT2D eigenvalue weighted by atomic mass is 15.4. The van der Waals surface area contributed by atoms with Gasteiger partial charge in [-0.1, -0.05) is 0 Å². The van der Waals surface area contributed by atoms with Gasteiger partial charge in [-0.25, -0.2) is 0 Å². The fourth-order valence-electron chi connectivity index (χ4n) is 3.83. The molecular weight excluding hydrogens is 160 g/mol. The Morgan fingerprint density at radius 3 is 2.38 bits per heavy atom. The summed E-state index contributed by atoms with van der Waals surface area (Å²) in [5, 5.41) is 0. The van der Waals surface area contributed by atoms with Crippen molar-refractivity contribution in [3.05, 3.63) is 0 Å². The average molecular weight is 180 g/mol. The van der Waals surface area contributed by atoms with E-state index in [1.54, 1.807) is 6.42 Å². The molecule has 2 aliphatic carbocycles. The van der Waals surface area contributed by atoms with Crippen LogP contribution in [0.5, 0.6) is 0 Å². The van der Waals surface area contributed by atoms with Gasteiger partial charge in [-0.15, -0.1) is 0 Å². The number of hydrogen-bond donors (Lipinski definition) is 1. The summed E-state index contributed by atoms with van der Waals surface area (Å²) in [7, 11) is 0. The molecule has 0 aromatic rings. The van der Waals surface area contributed by atoms with Gasteiger partial charge in [-0.3, -0.25) is 4.90 Å². The standard InChI is InChI=1S/C11H20N2/c12-5-1-2-6-13-10-8-3-4-9(7-8)11(10)13/h8-11H,1-7,12H2/t8-,9+,10+,11-,13?. The molecule has 0 aromatic heterocycles. The summed E-state index contributed by atoms with van der Waals surface area (Å²) in [6, 6.07) is 2.05. The molecule has 2 nitrogen and oxygen atoms in total. The molecule has 2 bridgehead atoms. The van der Waals surface area contributed by atoms with Crippen molar-refractivity contribution in [1.29, 1.82) is 0 Å². The molecule has 5 atom stereocenters. The SMILES string of the molecule is NCCCCN1[C@@H]2[C@H]3CC[C@H](C3)[C@@H]21. The summed E-state index contributed by atoms with van der Waals surface area (Å²) in [5.74, 6) is 2.18. The number of hydrogen-bond acceptors (Lipinski definition) is 2. The van der Waals surface area contributed by atoms with Crippen molar-refractivity contribution >= 4 is 0 Å². The van der Waals surface area contributed by atoms with Crippen molar-refractivity contribution in [2.24, 2.45) is 17.6 Å². The van der Waals surface area contributed by atoms with E-state index in [2.05, 4.69) is 4.90 Å². The molecule has 1 unspecified atom stereocenters. The number of fused-ring (bicyclic) bond motifs is 5. The number of nitrogens with two attached hydrogens (primary N) is 1. The molecule has 2 N–H and O–H groups in total. The Balaban J connectivity index is 1.50. The van der Waals surface area contributed by atoms with Gasteiger partial charge in [-0.2, -0.15) is 0 Å². The van der Waals surface area contributed by atoms with Crippen LogP contribution in [0.15, 0.2) is 0 Å². The minimum absolute atomic E-state index is 0.871. The Bertz CT molecular complexity index is 188. The van der Waals surface area contributed by atoms with Crippen LogP contribution in [0.1, 0.15) is 32.1 Å². The van der Waals surface area contributed by atoms with Gasteiger partial charge < -0.3 is 5.73 Å². The van der Waals surface area contributed by atoms with Crippen molar-refractivity contribution in [2.75, 3.05) is 13.1 Å². The van der Waals surface area contributed by atoms with E-state index in [-0.39, 0.29) is 0 Å². The summed E-state index contributed by atoms with van der Waals surface area (Å²) in [6.07, 6.45) is 7.15. The van der Waals surface area contributed by atoms with E-state index in [0.717, 1.165) is 30.5 Å². The molecule has 3 aliphatic rings. The van der Waals surface area contributed by atoms with Crippen molar-refractivity contribution in [2.45, 2.75) is 44.2 Å². The lowest BCUT2D eigenvalue weighted by atomic mass is 10.0. The zero-order valence-corrected chi connectivity index (χ0v) is 8.28. The number of nitrogens with zero attached hydrogens (tertiary/aromatic N) is 1. The molecular formula is C11H20N2. The first-order valence-electron chi connectivity index (χ1n) is 5.87. The first kappa shape index (κ1) is 8.25. The lowest BCUT2D eigenvalue weighted by molar-refractivity contribution is 0.352. The summed E-state index contributed by atoms with van der Waals surface area (Å²) in [5.41, 5.74) is 5.50. The van der Waals surface area contributed by atoms with Crippen molar-refractivity contribution in [3.63, 3.8) is 0 Å². The second kappa shape index (κ2) is 2.96. The largest absolute Gasteiger partial charge is 0.330 e. The van der Waals surface area contributed by atoms with Crippen LogP contribution in [0.2, 0.25) is 0 Å². The van der Waals surface area contributed by atoms with E-state index in [1.807, 2.05) is 0 Å². The Labute approximate surface area is 80.5 Å². The highest BCUT2D eigenvalue weighted by Gasteiger charge is 2.62. The summed E-state index contributed by atoms with van der Waals surface area (Å²) < 4.78 is 0. The number of piperidine rings is 1. The molecule has 1 saturated heterocycles. The Morgan fingerprint density at radius 2 is 1.77 bits per heavy atom. The van der Waals surface area contributed by atoms with Gasteiger partial charge in [0.2, 0.25) is 0 Å². The van der Waals surface area contributed by atoms with Crippen LogP contribution in [0.4, 0.5) is 0 Å². The smallest absolute Gasteiger partial charge is 0.0286 e. The van der Waals surface area contributed by atoms with Crippen LogP contribution >= 0.6 is 0 Å². The maximum atomic E-state index is 5.50. The van der Waals surface area contributed by atoms with Crippen molar-refractivity contribution < 1.29 is 0 Å². The zero-order chi connectivity index (χ0) is 8.84. The van der Waals surface area contributed by atoms with E-state index in [0.29, 0.717) is 0 Å². The summed E-state index contributed by atoms with van der Waals surface area (Å²) >= 11 is 0. The molecule has 3 fully saturated rings. The molecule has 0 aromatic carbocycles. The maximum Gasteiger partial charge on any atom is 0.0286 e. The molecule has 2 heteroatoms. The predicted octanol–water partition coefficient (Wildman–Crippen LogP) is 1.21. The van der Waals surface area contributed by atoms with E-state index < -0.39 is 0 Å². The third-order valence-corrected chi connectivity index (χ3v) is 4.38. The van der Waals surface area contributed by atoms with Gasteiger partial charge >= 0.3 is 0 Å². The molecule has 0 radical (unpaired) electrons. The van der Waals surface area contributed by atoms with Gasteiger partial charge in [-0.05, 0) is 57.0 Å². The van der Waals surface area contributed by atoms with E-state index in [1.165, 1.54) is 32.2 Å². The summed E-state index contributed by atoms with van der Waals surface area (Å²) in [6.45, 7) is 2.20. The van der Waals surface area contributed by atoms with Gasteiger partial charge in [0.05, 0.1) is 0 Å². The molecule has 3 rings (SSSR count). The highest BCUT2D eigenvalue weighted by Crippen LogP contribution is 2.58. The molecule has 0 spiro atoms. The van der Waals surface area contributed by atoms with Crippen LogP contribution in [0, 0.1) is 11.8 Å². The second-order valence-electron chi connectivity index (χ2n) is 5.05. The quantitative estimate of drug-likeness (QED) is 0.520. The second-order valence-corrected chi connectivity index (χ2v) is 5.05. The van der Waals surface area contributed by atoms with E-state index in [4.69, 9.17) is 5.73 Å². The molecule has 0 amide bonds. The van der Waals surface area contributed by atoms with Crippen LogP contribution in [0.25, 0.3) is 0 Å². The van der Waals surface area contributed by atoms with Gasteiger partial charge in [0.15, 0.2) is 0 Å². The normalized spacial score (nSPS) is 51.0. The number of rotatable bonds is 4. The van der Waals surface area contributed by atoms with Gasteiger partial charge in [0.1, 0.15) is 0 Å². The third kappa shape index (κ3) is 1.15. The Kier molecular flexibility index (Phi) is 1.88. The molecule has 74 valence electrons. The average Bonchev–Trinajstić information content (AvgIpc) is 2.58. The predicted molar refractivity (Wildman–Crippen MR) is 53.4 cm³/mol. The Hall–Kier alpha value is -0.0800. The van der Waals surface area contributed by atoms with Crippen molar-refractivity contribution in [1.82, 2.24) is 4.90 Å². The topological polar surface area (TPSA) is 29.0 Å². The molecule has 1 aliphatic heterocycles. The molecule has 13 heavy (non-hydrogen) atoms. The monoisotopic (exact) mass is 180 g/mol. The minimum atomic E-state index is 0.871. The summed E-state index contributed by atoms with van der Waals surface area (Å²) in [4.78, 5) is 2.75. The van der Waals surface area contributed by atoms with Gasteiger partial charge in [0.25, 0.3) is 0 Å². The maximum absolute atomic E-state index is 5.50. The van der Waals surface area contributed by atoms with E-state index >= 15 is 0 Å². The fourth-order valence-corrected chi connectivity index (χ4v) is 3.83. The van der Waals surface area contributed by atoms with Crippen LogP contribution < -0.4 is 5.73 Å². The highest BCUT2D eigenvalue weighted by molar-refractivity contribution is 5.17. The number of likely N-dealkylation sites (tertiary alicyclic amines) is 1. The van der Waals surface area contributed by atoms with E-state index in [9.17, 15) is 0 Å². The zero-order valence-electron chi connectivity index (χ0n) is 8.28. The molecule has 1 heterocycles. The van der Waals surface area contributed by atoms with Crippen LogP contribution in [0.3, 0.4) is 0 Å². The first-order valence-corrected chi connectivity index (χ1v) is 5.87. The first-order chi connectivity index (χ1) is 6.42. The third-order valence-electron chi connectivity index (χ3n) is 4.38. The van der Waals surface area contributed by atoms with Crippen molar-refractivity contribution in [3.8, 4) is 0 Å². The van der Waals surface area contributed by atoms with Crippen LogP contribution in [-0.4, -0.2) is 30.1 Å². The fraction of sp³-hybridized carbons (Fsp3) is 1.00. The van der Waals surface area contributed by atoms with Crippen LogP contribution in [-0.2, 0) is 0 Å². The van der Waals surface area contributed by atoms with Gasteiger partial charge in [0, 0.05) is 12.1 Å². The lowest BCUT2D eigenvalue weighted by Crippen LogP contribution is -2.14. The Morgan fingerprint density at radius 1 is 1.08 bits per heavy atom. The lowest BCUT2D eigenvalue weighted by Gasteiger charge is -2.10. The minimum Gasteiger partial charge on any atom is -0.330 e. The number of unbranched alkanes of at least 4 members (excludes halogenated alkanes) is 1. The molecule has 2 saturated carbocycles.